The van der Waals surface area contributed by atoms with Gasteiger partial charge in [-0.25, -0.2) is 14.8 Å². The number of nitrogens with zero attached hydrogens (tertiary/aromatic N) is 3. The van der Waals surface area contributed by atoms with E-state index in [4.69, 9.17) is 4.74 Å². The Hall–Kier alpha value is -2.88. The van der Waals surface area contributed by atoms with Crippen LogP contribution >= 0.6 is 0 Å². The summed E-state index contributed by atoms with van der Waals surface area (Å²) in [4.78, 5) is 23.1. The fourth-order valence-corrected chi connectivity index (χ4v) is 2.89. The number of ether oxygens (including phenoxy) is 1. The van der Waals surface area contributed by atoms with Crippen LogP contribution in [-0.2, 0) is 10.9 Å². The lowest BCUT2D eigenvalue weighted by molar-refractivity contribution is -0.136. The Labute approximate surface area is 159 Å². The summed E-state index contributed by atoms with van der Waals surface area (Å²) >= 11 is 0. The zero-order chi connectivity index (χ0) is 20.3. The van der Waals surface area contributed by atoms with Crippen LogP contribution in [0.5, 0.6) is 0 Å². The second kappa shape index (κ2) is 8.01. The molecule has 0 radical (unpaired) electrons. The molecule has 1 aliphatic heterocycles. The van der Waals surface area contributed by atoms with Crippen LogP contribution in [0.3, 0.4) is 0 Å². The van der Waals surface area contributed by atoms with Gasteiger partial charge in [0.05, 0.1) is 41.5 Å². The summed E-state index contributed by atoms with van der Waals surface area (Å²) in [6.07, 6.45) is -4.57. The molecule has 0 saturated carbocycles. The number of anilines is 3. The van der Waals surface area contributed by atoms with Crippen molar-refractivity contribution >= 4 is 23.4 Å². The lowest BCUT2D eigenvalue weighted by Crippen LogP contribution is -2.37. The highest BCUT2D eigenvalue weighted by Crippen LogP contribution is 2.34. The molecular weight excluding hydrogens is 375 g/mol. The molecular formula is C18H20F3N5O2. The van der Waals surface area contributed by atoms with E-state index < -0.39 is 17.8 Å². The van der Waals surface area contributed by atoms with Gasteiger partial charge in [0, 0.05) is 13.1 Å². The number of aromatic nitrogens is 2. The Morgan fingerprint density at radius 3 is 2.29 bits per heavy atom. The van der Waals surface area contributed by atoms with Gasteiger partial charge in [-0.2, -0.15) is 13.2 Å². The van der Waals surface area contributed by atoms with Crippen molar-refractivity contribution in [3.8, 4) is 0 Å². The molecule has 10 heteroatoms. The van der Waals surface area contributed by atoms with Gasteiger partial charge in [0.25, 0.3) is 0 Å². The van der Waals surface area contributed by atoms with E-state index in [2.05, 4.69) is 20.6 Å². The highest BCUT2D eigenvalue weighted by atomic mass is 19.4. The standard InChI is InChI=1S/C18H20F3N5O2/c1-11-15(12(2)23-16(22-11)26-7-9-28-10-8-26)25-17(27)24-14-6-4-3-5-13(14)18(19,20)21/h3-6H,7-10H2,1-2H3,(H2,24,25,27). The maximum Gasteiger partial charge on any atom is 0.418 e. The van der Waals surface area contributed by atoms with Crippen LogP contribution in [0.4, 0.5) is 35.3 Å². The number of alkyl halides is 3. The number of halogens is 3. The van der Waals surface area contributed by atoms with Crippen LogP contribution in [0.15, 0.2) is 24.3 Å². The number of para-hydroxylation sites is 1. The lowest BCUT2D eigenvalue weighted by atomic mass is 10.1. The average molecular weight is 395 g/mol. The number of amides is 2. The number of rotatable bonds is 3. The van der Waals surface area contributed by atoms with Gasteiger partial charge >= 0.3 is 12.2 Å². The van der Waals surface area contributed by atoms with E-state index in [1.54, 1.807) is 13.8 Å². The number of benzene rings is 1. The van der Waals surface area contributed by atoms with Crippen molar-refractivity contribution in [3.05, 3.63) is 41.2 Å². The smallest absolute Gasteiger partial charge is 0.378 e. The second-order valence-electron chi connectivity index (χ2n) is 6.29. The van der Waals surface area contributed by atoms with E-state index in [-0.39, 0.29) is 5.69 Å². The van der Waals surface area contributed by atoms with Gasteiger partial charge in [0.2, 0.25) is 5.95 Å². The van der Waals surface area contributed by atoms with Crippen LogP contribution in [0.2, 0.25) is 0 Å². The zero-order valence-electron chi connectivity index (χ0n) is 15.4. The molecule has 28 heavy (non-hydrogen) atoms. The Balaban J connectivity index is 1.76. The van der Waals surface area contributed by atoms with Gasteiger partial charge < -0.3 is 20.3 Å². The predicted molar refractivity (Wildman–Crippen MR) is 98.6 cm³/mol. The summed E-state index contributed by atoms with van der Waals surface area (Å²) in [5.41, 5.74) is 0.159. The molecule has 1 aliphatic rings. The topological polar surface area (TPSA) is 79.4 Å². The molecule has 1 aromatic heterocycles. The highest BCUT2D eigenvalue weighted by molar-refractivity contribution is 6.01. The van der Waals surface area contributed by atoms with Gasteiger partial charge in [-0.3, -0.25) is 0 Å². The number of aryl methyl sites for hydroxylation is 2. The molecule has 1 aromatic carbocycles. The zero-order valence-corrected chi connectivity index (χ0v) is 15.4. The number of carbonyl (C=O) groups is 1. The van der Waals surface area contributed by atoms with Crippen LogP contribution in [0.1, 0.15) is 17.0 Å². The van der Waals surface area contributed by atoms with Gasteiger partial charge in [-0.1, -0.05) is 12.1 Å². The molecule has 0 atom stereocenters. The van der Waals surface area contributed by atoms with Crippen molar-refractivity contribution in [2.75, 3.05) is 41.8 Å². The molecule has 7 nitrogen and oxygen atoms in total. The molecule has 0 bridgehead atoms. The Kier molecular flexibility index (Phi) is 5.68. The highest BCUT2D eigenvalue weighted by Gasteiger charge is 2.33. The summed E-state index contributed by atoms with van der Waals surface area (Å²) < 4.78 is 44.5. The van der Waals surface area contributed by atoms with E-state index in [9.17, 15) is 18.0 Å². The first-order valence-electron chi connectivity index (χ1n) is 8.68. The lowest BCUT2D eigenvalue weighted by Gasteiger charge is -2.27. The summed E-state index contributed by atoms with van der Waals surface area (Å²) in [6.45, 7) is 5.92. The SMILES string of the molecule is Cc1nc(N2CCOCC2)nc(C)c1NC(=O)Nc1ccccc1C(F)(F)F. The van der Waals surface area contributed by atoms with Crippen molar-refractivity contribution in [1.82, 2.24) is 9.97 Å². The first-order valence-corrected chi connectivity index (χ1v) is 8.68. The Morgan fingerprint density at radius 2 is 1.68 bits per heavy atom. The Bertz CT molecular complexity index is 844. The molecule has 2 amide bonds. The molecule has 3 rings (SSSR count). The molecule has 1 fully saturated rings. The summed E-state index contributed by atoms with van der Waals surface area (Å²) in [5.74, 6) is 0.534. The minimum Gasteiger partial charge on any atom is -0.378 e. The number of hydrogen-bond acceptors (Lipinski definition) is 5. The third kappa shape index (κ3) is 4.50. The number of nitrogens with one attached hydrogen (secondary N) is 2. The normalized spacial score (nSPS) is 14.7. The van der Waals surface area contributed by atoms with E-state index >= 15 is 0 Å². The largest absolute Gasteiger partial charge is 0.418 e. The summed E-state index contributed by atoms with van der Waals surface area (Å²) in [7, 11) is 0. The van der Waals surface area contributed by atoms with Gasteiger partial charge in [0.15, 0.2) is 0 Å². The minimum atomic E-state index is -4.57. The fourth-order valence-electron chi connectivity index (χ4n) is 2.89. The molecule has 150 valence electrons. The molecule has 0 unspecified atom stereocenters. The molecule has 1 saturated heterocycles. The number of urea groups is 1. The average Bonchev–Trinajstić information content (AvgIpc) is 2.65. The van der Waals surface area contributed by atoms with Gasteiger partial charge in [-0.05, 0) is 26.0 Å². The van der Waals surface area contributed by atoms with Crippen LogP contribution < -0.4 is 15.5 Å². The van der Waals surface area contributed by atoms with Crippen molar-refractivity contribution in [2.24, 2.45) is 0 Å². The van der Waals surface area contributed by atoms with Crippen molar-refractivity contribution in [3.63, 3.8) is 0 Å². The van der Waals surface area contributed by atoms with Gasteiger partial charge in [-0.15, -0.1) is 0 Å². The van der Waals surface area contributed by atoms with E-state index in [1.807, 2.05) is 4.90 Å². The summed E-state index contributed by atoms with van der Waals surface area (Å²) in [6, 6.07) is 3.98. The van der Waals surface area contributed by atoms with Crippen molar-refractivity contribution < 1.29 is 22.7 Å². The Morgan fingerprint density at radius 1 is 1.07 bits per heavy atom. The van der Waals surface area contributed by atoms with Crippen molar-refractivity contribution in [2.45, 2.75) is 20.0 Å². The van der Waals surface area contributed by atoms with Gasteiger partial charge in [0.1, 0.15) is 0 Å². The van der Waals surface area contributed by atoms with Crippen molar-refractivity contribution in [1.29, 1.82) is 0 Å². The quantitative estimate of drug-likeness (QED) is 0.830. The van der Waals surface area contributed by atoms with Crippen LogP contribution in [0, 0.1) is 13.8 Å². The minimum absolute atomic E-state index is 0.325. The van der Waals surface area contributed by atoms with Crippen LogP contribution in [0.25, 0.3) is 0 Å². The molecule has 2 heterocycles. The maximum absolute atomic E-state index is 13.1. The molecule has 2 aromatic rings. The molecule has 0 aliphatic carbocycles. The number of carbonyl (C=O) groups excluding carboxylic acids is 1. The molecule has 2 N–H and O–H groups in total. The molecule has 0 spiro atoms. The number of morpholine rings is 1. The van der Waals surface area contributed by atoms with E-state index in [0.717, 1.165) is 6.07 Å². The van der Waals surface area contributed by atoms with E-state index in [0.29, 0.717) is 49.3 Å². The van der Waals surface area contributed by atoms with E-state index in [1.165, 1.54) is 18.2 Å². The maximum atomic E-state index is 13.1. The third-order valence-corrected chi connectivity index (χ3v) is 4.27. The second-order valence-corrected chi connectivity index (χ2v) is 6.29. The number of hydrogen-bond donors (Lipinski definition) is 2. The fraction of sp³-hybridized carbons (Fsp3) is 0.389. The predicted octanol–water partition coefficient (Wildman–Crippen LogP) is 3.59. The monoisotopic (exact) mass is 395 g/mol. The van der Waals surface area contributed by atoms with Crippen LogP contribution in [-0.4, -0.2) is 42.3 Å². The third-order valence-electron chi connectivity index (χ3n) is 4.27. The first-order chi connectivity index (χ1) is 13.3. The first kappa shape index (κ1) is 19.9. The summed E-state index contributed by atoms with van der Waals surface area (Å²) in [5, 5.41) is 4.80.